The van der Waals surface area contributed by atoms with Gasteiger partial charge in [0.2, 0.25) is 0 Å². The highest BCUT2D eigenvalue weighted by atomic mass is 16.5. The van der Waals surface area contributed by atoms with E-state index in [0.717, 1.165) is 5.56 Å². The van der Waals surface area contributed by atoms with E-state index in [1.54, 1.807) is 14.2 Å². The topological polar surface area (TPSA) is 59.0 Å². The molecule has 1 amide bonds. The minimum atomic E-state index is -0.917. The highest BCUT2D eigenvalue weighted by molar-refractivity contribution is 5.65. The number of likely N-dealkylation sites (tertiary alicyclic amines) is 1. The van der Waals surface area contributed by atoms with Crippen LogP contribution in [0.25, 0.3) is 0 Å². The number of methoxy groups -OCH3 is 2. The second-order valence-electron chi connectivity index (χ2n) is 4.66. The molecule has 1 saturated heterocycles. The fourth-order valence-corrected chi connectivity index (χ4v) is 2.74. The Hall–Kier alpha value is -1.59. The van der Waals surface area contributed by atoms with Gasteiger partial charge in [0.05, 0.1) is 6.54 Å². The van der Waals surface area contributed by atoms with E-state index in [1.807, 2.05) is 30.3 Å². The molecule has 1 aromatic rings. The lowest BCUT2D eigenvalue weighted by atomic mass is 9.81. The molecule has 0 unspecified atom stereocenters. The molecule has 1 heterocycles. The summed E-state index contributed by atoms with van der Waals surface area (Å²) in [6, 6.07) is 9.83. The third-order valence-electron chi connectivity index (χ3n) is 3.84. The van der Waals surface area contributed by atoms with Crippen LogP contribution in [0.1, 0.15) is 12.0 Å². The Balaban J connectivity index is 2.32. The van der Waals surface area contributed by atoms with Gasteiger partial charge in [-0.15, -0.1) is 0 Å². The summed E-state index contributed by atoms with van der Waals surface area (Å²) in [4.78, 5) is 12.5. The Kier molecular flexibility index (Phi) is 4.07. The molecule has 0 aromatic heterocycles. The fraction of sp³-hybridized carbons (Fsp3) is 0.500. The number of carbonyl (C=O) groups is 1. The molecule has 2 rings (SSSR count). The average molecular weight is 265 g/mol. The molecule has 5 heteroatoms. The molecule has 0 saturated carbocycles. The highest BCUT2D eigenvalue weighted by Gasteiger charge is 2.46. The number of rotatable bonds is 3. The molecule has 1 aliphatic rings. The number of nitrogens with zero attached hydrogens (tertiary/aromatic N) is 1. The number of ether oxygens (including phenoxy) is 2. The van der Waals surface area contributed by atoms with Crippen LogP contribution >= 0.6 is 0 Å². The Morgan fingerprint density at radius 3 is 2.58 bits per heavy atom. The van der Waals surface area contributed by atoms with Crippen molar-refractivity contribution in [3.63, 3.8) is 0 Å². The Morgan fingerprint density at radius 1 is 1.37 bits per heavy atom. The van der Waals surface area contributed by atoms with Gasteiger partial charge in [-0.25, -0.2) is 4.79 Å². The lowest BCUT2D eigenvalue weighted by molar-refractivity contribution is -0.154. The molecule has 104 valence electrons. The van der Waals surface area contributed by atoms with Crippen molar-refractivity contribution in [1.29, 1.82) is 0 Å². The lowest BCUT2D eigenvalue weighted by Crippen LogP contribution is -2.56. The van der Waals surface area contributed by atoms with Crippen molar-refractivity contribution in [1.82, 2.24) is 4.90 Å². The van der Waals surface area contributed by atoms with Crippen molar-refractivity contribution < 1.29 is 19.4 Å². The number of piperidine rings is 1. The second kappa shape index (κ2) is 5.59. The summed E-state index contributed by atoms with van der Waals surface area (Å²) >= 11 is 0. The Morgan fingerprint density at radius 2 is 2.05 bits per heavy atom. The first kappa shape index (κ1) is 13.8. The van der Waals surface area contributed by atoms with Gasteiger partial charge >= 0.3 is 6.09 Å². The molecule has 5 nitrogen and oxygen atoms in total. The SMILES string of the molecule is CO[C@@H]1CN(C(=O)O)CC[C@@]1(OC)c1ccccc1. The van der Waals surface area contributed by atoms with Crippen LogP contribution in [0.4, 0.5) is 4.79 Å². The predicted octanol–water partition coefficient (Wildman–Crippen LogP) is 1.93. The summed E-state index contributed by atoms with van der Waals surface area (Å²) in [5.74, 6) is 0. The van der Waals surface area contributed by atoms with E-state index in [9.17, 15) is 4.79 Å². The van der Waals surface area contributed by atoms with Crippen LogP contribution in [0.2, 0.25) is 0 Å². The second-order valence-corrected chi connectivity index (χ2v) is 4.66. The van der Waals surface area contributed by atoms with Crippen molar-refractivity contribution in [2.24, 2.45) is 0 Å². The van der Waals surface area contributed by atoms with Crippen LogP contribution in [0, 0.1) is 0 Å². The van der Waals surface area contributed by atoms with E-state index in [2.05, 4.69) is 0 Å². The first-order valence-corrected chi connectivity index (χ1v) is 6.25. The van der Waals surface area contributed by atoms with Crippen molar-refractivity contribution >= 4 is 6.09 Å². The van der Waals surface area contributed by atoms with E-state index in [1.165, 1.54) is 4.90 Å². The summed E-state index contributed by atoms with van der Waals surface area (Å²) in [7, 11) is 3.24. The summed E-state index contributed by atoms with van der Waals surface area (Å²) in [6.45, 7) is 0.756. The average Bonchev–Trinajstić information content (AvgIpc) is 2.47. The maximum Gasteiger partial charge on any atom is 0.407 e. The summed E-state index contributed by atoms with van der Waals surface area (Å²) in [5, 5.41) is 9.09. The van der Waals surface area contributed by atoms with Crippen molar-refractivity contribution in [3.05, 3.63) is 35.9 Å². The number of benzene rings is 1. The molecule has 0 bridgehead atoms. The molecule has 1 fully saturated rings. The van der Waals surface area contributed by atoms with E-state index in [4.69, 9.17) is 14.6 Å². The number of hydrogen-bond donors (Lipinski definition) is 1. The number of amides is 1. The van der Waals surface area contributed by atoms with Crippen molar-refractivity contribution in [3.8, 4) is 0 Å². The minimum Gasteiger partial charge on any atom is -0.465 e. The van der Waals surface area contributed by atoms with Crippen LogP contribution in [0.15, 0.2) is 30.3 Å². The van der Waals surface area contributed by atoms with Crippen molar-refractivity contribution in [2.45, 2.75) is 18.1 Å². The molecule has 1 aromatic carbocycles. The third-order valence-corrected chi connectivity index (χ3v) is 3.84. The maximum atomic E-state index is 11.1. The third kappa shape index (κ3) is 2.43. The van der Waals surface area contributed by atoms with Crippen LogP contribution in [0.3, 0.4) is 0 Å². The lowest BCUT2D eigenvalue weighted by Gasteiger charge is -2.45. The van der Waals surface area contributed by atoms with Crippen LogP contribution < -0.4 is 0 Å². The fourth-order valence-electron chi connectivity index (χ4n) is 2.74. The van der Waals surface area contributed by atoms with E-state index in [-0.39, 0.29) is 6.10 Å². The largest absolute Gasteiger partial charge is 0.465 e. The molecule has 1 N–H and O–H groups in total. The van der Waals surface area contributed by atoms with Gasteiger partial charge in [0.15, 0.2) is 0 Å². The van der Waals surface area contributed by atoms with Crippen LogP contribution in [-0.2, 0) is 15.1 Å². The number of carboxylic acid groups (broad SMARTS) is 1. The standard InChI is InChI=1S/C14H19NO4/c1-18-12-10-15(13(16)17)9-8-14(12,19-2)11-6-4-3-5-7-11/h3-7,12H,8-10H2,1-2H3,(H,16,17)/t12-,14-/m1/s1. The Labute approximate surface area is 112 Å². The van der Waals surface area contributed by atoms with Crippen LogP contribution in [-0.4, -0.2) is 49.5 Å². The summed E-state index contributed by atoms with van der Waals surface area (Å²) in [6.07, 6.45) is -0.650. The summed E-state index contributed by atoms with van der Waals surface area (Å²) in [5.41, 5.74) is 0.441. The molecular weight excluding hydrogens is 246 g/mol. The van der Waals surface area contributed by atoms with Gasteiger partial charge in [-0.1, -0.05) is 30.3 Å². The maximum absolute atomic E-state index is 11.1. The molecule has 0 aliphatic carbocycles. The van der Waals surface area contributed by atoms with Crippen molar-refractivity contribution in [2.75, 3.05) is 27.3 Å². The van der Waals surface area contributed by atoms with Gasteiger partial charge in [-0.05, 0) is 5.56 Å². The van der Waals surface area contributed by atoms with Gasteiger partial charge in [0.25, 0.3) is 0 Å². The minimum absolute atomic E-state index is 0.314. The normalized spacial score (nSPS) is 27.3. The van der Waals surface area contributed by atoms with E-state index < -0.39 is 11.7 Å². The molecule has 2 atom stereocenters. The van der Waals surface area contributed by atoms with Gasteiger partial charge in [-0.3, -0.25) is 0 Å². The van der Waals surface area contributed by atoms with E-state index >= 15 is 0 Å². The molecule has 1 aliphatic heterocycles. The zero-order valence-electron chi connectivity index (χ0n) is 11.2. The molecular formula is C14H19NO4. The van der Waals surface area contributed by atoms with Gasteiger partial charge in [0, 0.05) is 27.2 Å². The zero-order chi connectivity index (χ0) is 13.9. The Bertz CT molecular complexity index is 436. The zero-order valence-corrected chi connectivity index (χ0v) is 11.2. The highest BCUT2D eigenvalue weighted by Crippen LogP contribution is 2.37. The molecule has 0 radical (unpaired) electrons. The van der Waals surface area contributed by atoms with Gasteiger partial charge in [0.1, 0.15) is 11.7 Å². The predicted molar refractivity (Wildman–Crippen MR) is 70.1 cm³/mol. The summed E-state index contributed by atoms with van der Waals surface area (Å²) < 4.78 is 11.3. The monoisotopic (exact) mass is 265 g/mol. The molecule has 0 spiro atoms. The quantitative estimate of drug-likeness (QED) is 0.907. The smallest absolute Gasteiger partial charge is 0.407 e. The van der Waals surface area contributed by atoms with E-state index in [0.29, 0.717) is 19.5 Å². The van der Waals surface area contributed by atoms with Gasteiger partial charge in [-0.2, -0.15) is 0 Å². The molecule has 19 heavy (non-hydrogen) atoms. The van der Waals surface area contributed by atoms with Gasteiger partial charge < -0.3 is 19.5 Å². The van der Waals surface area contributed by atoms with Crippen LogP contribution in [0.5, 0.6) is 0 Å². The first-order valence-electron chi connectivity index (χ1n) is 6.25. The number of hydrogen-bond acceptors (Lipinski definition) is 3. The first-order chi connectivity index (χ1) is 9.14.